The molecule has 0 spiro atoms. The summed E-state index contributed by atoms with van der Waals surface area (Å²) >= 11 is 0. The zero-order chi connectivity index (χ0) is 19.6. The fraction of sp³-hybridized carbons (Fsp3) is 0.278. The van der Waals surface area contributed by atoms with E-state index >= 15 is 0 Å². The first-order valence-electron chi connectivity index (χ1n) is 8.20. The average Bonchev–Trinajstić information content (AvgIpc) is 2.68. The van der Waals surface area contributed by atoms with E-state index in [1.165, 1.54) is 44.4 Å². The lowest BCUT2D eigenvalue weighted by Crippen LogP contribution is -2.18. The average molecular weight is 393 g/mol. The molecule has 0 radical (unpaired) electrons. The molecule has 0 atom stereocenters. The highest BCUT2D eigenvalue weighted by molar-refractivity contribution is 7.91. The summed E-state index contributed by atoms with van der Waals surface area (Å²) in [6.07, 6.45) is 0. The fourth-order valence-corrected chi connectivity index (χ4v) is 3.48. The Morgan fingerprint density at radius 3 is 2.67 bits per heavy atom. The predicted molar refractivity (Wildman–Crippen MR) is 97.8 cm³/mol. The van der Waals surface area contributed by atoms with Crippen molar-refractivity contribution in [3.8, 4) is 23.0 Å². The third kappa shape index (κ3) is 3.77. The summed E-state index contributed by atoms with van der Waals surface area (Å²) in [6, 6.07) is 6.71. The van der Waals surface area contributed by atoms with Gasteiger partial charge in [-0.1, -0.05) is 6.92 Å². The molecule has 2 aromatic rings. The van der Waals surface area contributed by atoms with E-state index in [0.29, 0.717) is 30.5 Å². The molecule has 1 amide bonds. The SMILES string of the molecule is CCS(=O)(=O)c1ccc(O)c(NC(=O)c2cc(OC)c3c(c2)OCCO3)c1. The fourth-order valence-electron chi connectivity index (χ4n) is 2.57. The lowest BCUT2D eigenvalue weighted by molar-refractivity contribution is 0.102. The van der Waals surface area contributed by atoms with Gasteiger partial charge < -0.3 is 24.6 Å². The van der Waals surface area contributed by atoms with E-state index in [9.17, 15) is 18.3 Å². The third-order valence-electron chi connectivity index (χ3n) is 4.05. The molecular weight excluding hydrogens is 374 g/mol. The standard InChI is InChI=1S/C18H19NO7S/c1-3-27(22,23)12-4-5-14(20)13(10-12)19-18(21)11-8-15(24-2)17-16(9-11)25-6-7-26-17/h4-5,8-10,20H,3,6-7H2,1-2H3,(H,19,21). The van der Waals surface area contributed by atoms with E-state index in [-0.39, 0.29) is 27.6 Å². The van der Waals surface area contributed by atoms with Gasteiger partial charge in [-0.05, 0) is 30.3 Å². The number of phenolic OH excluding ortho intramolecular Hbond substituents is 1. The van der Waals surface area contributed by atoms with Gasteiger partial charge in [0, 0.05) is 5.56 Å². The van der Waals surface area contributed by atoms with Crippen molar-refractivity contribution < 1.29 is 32.5 Å². The summed E-state index contributed by atoms with van der Waals surface area (Å²) in [7, 11) is -2.03. The molecule has 0 unspecified atom stereocenters. The largest absolute Gasteiger partial charge is 0.506 e. The number of benzene rings is 2. The molecule has 0 aromatic heterocycles. The Hall–Kier alpha value is -2.94. The number of anilines is 1. The first kappa shape index (κ1) is 18.8. The Labute approximate surface area is 156 Å². The molecule has 1 aliphatic rings. The molecule has 0 saturated carbocycles. The molecule has 0 aliphatic carbocycles. The van der Waals surface area contributed by atoms with Gasteiger partial charge in [-0.2, -0.15) is 0 Å². The van der Waals surface area contributed by atoms with Gasteiger partial charge in [-0.3, -0.25) is 4.79 Å². The molecule has 2 N–H and O–H groups in total. The summed E-state index contributed by atoms with van der Waals surface area (Å²) in [6.45, 7) is 2.24. The molecular formula is C18H19NO7S. The van der Waals surface area contributed by atoms with Crippen molar-refractivity contribution in [2.24, 2.45) is 0 Å². The first-order valence-corrected chi connectivity index (χ1v) is 9.85. The minimum Gasteiger partial charge on any atom is -0.506 e. The molecule has 0 fully saturated rings. The molecule has 2 aromatic carbocycles. The molecule has 1 heterocycles. The number of sulfone groups is 1. The van der Waals surface area contributed by atoms with Crippen molar-refractivity contribution in [3.63, 3.8) is 0 Å². The van der Waals surface area contributed by atoms with Gasteiger partial charge in [0.25, 0.3) is 5.91 Å². The van der Waals surface area contributed by atoms with Gasteiger partial charge in [0.1, 0.15) is 19.0 Å². The van der Waals surface area contributed by atoms with E-state index in [4.69, 9.17) is 14.2 Å². The Morgan fingerprint density at radius 2 is 1.96 bits per heavy atom. The van der Waals surface area contributed by atoms with Gasteiger partial charge >= 0.3 is 0 Å². The molecule has 9 heteroatoms. The van der Waals surface area contributed by atoms with Crippen LogP contribution in [-0.2, 0) is 9.84 Å². The van der Waals surface area contributed by atoms with E-state index in [0.717, 1.165) is 0 Å². The van der Waals surface area contributed by atoms with Crippen LogP contribution in [0.1, 0.15) is 17.3 Å². The van der Waals surface area contributed by atoms with Crippen molar-refractivity contribution in [2.45, 2.75) is 11.8 Å². The maximum absolute atomic E-state index is 12.6. The van der Waals surface area contributed by atoms with E-state index in [1.54, 1.807) is 0 Å². The number of fused-ring (bicyclic) bond motifs is 1. The van der Waals surface area contributed by atoms with Crippen molar-refractivity contribution in [2.75, 3.05) is 31.4 Å². The zero-order valence-electron chi connectivity index (χ0n) is 14.8. The molecule has 0 bridgehead atoms. The predicted octanol–water partition coefficient (Wildman–Crippen LogP) is 2.22. The molecule has 3 rings (SSSR count). The Bertz CT molecular complexity index is 968. The van der Waals surface area contributed by atoms with Crippen LogP contribution in [0.4, 0.5) is 5.69 Å². The molecule has 27 heavy (non-hydrogen) atoms. The van der Waals surface area contributed by atoms with Crippen molar-refractivity contribution in [3.05, 3.63) is 35.9 Å². The molecule has 1 aliphatic heterocycles. The van der Waals surface area contributed by atoms with Crippen LogP contribution in [0.5, 0.6) is 23.0 Å². The van der Waals surface area contributed by atoms with Crippen molar-refractivity contribution in [1.82, 2.24) is 0 Å². The van der Waals surface area contributed by atoms with E-state index in [1.807, 2.05) is 0 Å². The van der Waals surface area contributed by atoms with Crippen molar-refractivity contribution in [1.29, 1.82) is 0 Å². The van der Waals surface area contributed by atoms with Crippen LogP contribution in [0.2, 0.25) is 0 Å². The molecule has 0 saturated heterocycles. The van der Waals surface area contributed by atoms with Gasteiger partial charge in [0.05, 0.1) is 23.4 Å². The van der Waals surface area contributed by atoms with Crippen LogP contribution in [0.15, 0.2) is 35.2 Å². The third-order valence-corrected chi connectivity index (χ3v) is 5.78. The summed E-state index contributed by atoms with van der Waals surface area (Å²) < 4.78 is 40.3. The van der Waals surface area contributed by atoms with E-state index < -0.39 is 15.7 Å². The van der Waals surface area contributed by atoms with E-state index in [2.05, 4.69) is 5.32 Å². The number of nitrogens with one attached hydrogen (secondary N) is 1. The van der Waals surface area contributed by atoms with Gasteiger partial charge in [0.2, 0.25) is 5.75 Å². The second-order valence-corrected chi connectivity index (χ2v) is 8.02. The van der Waals surface area contributed by atoms with Crippen LogP contribution in [-0.4, -0.2) is 45.5 Å². The Kier molecular flexibility index (Phi) is 5.13. The highest BCUT2D eigenvalue weighted by Crippen LogP contribution is 2.40. The highest BCUT2D eigenvalue weighted by Gasteiger charge is 2.22. The number of phenols is 1. The van der Waals surface area contributed by atoms with Crippen molar-refractivity contribution >= 4 is 21.4 Å². The van der Waals surface area contributed by atoms with Crippen LogP contribution in [0.3, 0.4) is 0 Å². The summed E-state index contributed by atoms with van der Waals surface area (Å²) in [5, 5.41) is 12.5. The molecule has 8 nitrogen and oxygen atoms in total. The number of hydrogen-bond donors (Lipinski definition) is 2. The van der Waals surface area contributed by atoms with Crippen LogP contribution >= 0.6 is 0 Å². The Balaban J connectivity index is 1.93. The smallest absolute Gasteiger partial charge is 0.256 e. The first-order chi connectivity index (χ1) is 12.9. The second-order valence-electron chi connectivity index (χ2n) is 5.74. The number of ether oxygens (including phenoxy) is 3. The number of hydrogen-bond acceptors (Lipinski definition) is 7. The topological polar surface area (TPSA) is 111 Å². The monoisotopic (exact) mass is 393 g/mol. The minimum absolute atomic E-state index is 0.0108. The van der Waals surface area contributed by atoms with Gasteiger partial charge in [-0.15, -0.1) is 0 Å². The summed E-state index contributed by atoms with van der Waals surface area (Å²) in [4.78, 5) is 12.6. The maximum Gasteiger partial charge on any atom is 0.256 e. The lowest BCUT2D eigenvalue weighted by Gasteiger charge is -2.21. The number of methoxy groups -OCH3 is 1. The van der Waals surface area contributed by atoms with Gasteiger partial charge in [0.15, 0.2) is 21.3 Å². The number of carbonyl (C=O) groups is 1. The minimum atomic E-state index is -3.48. The van der Waals surface area contributed by atoms with Crippen LogP contribution < -0.4 is 19.5 Å². The number of amides is 1. The zero-order valence-corrected chi connectivity index (χ0v) is 15.6. The molecule has 144 valence electrons. The van der Waals surface area contributed by atoms with Crippen LogP contribution in [0, 0.1) is 0 Å². The Morgan fingerprint density at radius 1 is 1.22 bits per heavy atom. The normalized spacial score (nSPS) is 13.1. The maximum atomic E-state index is 12.6. The second kappa shape index (κ2) is 7.36. The number of aromatic hydroxyl groups is 1. The van der Waals surface area contributed by atoms with Gasteiger partial charge in [-0.25, -0.2) is 8.42 Å². The summed E-state index contributed by atoms with van der Waals surface area (Å²) in [5.41, 5.74) is 0.197. The highest BCUT2D eigenvalue weighted by atomic mass is 32.2. The quantitative estimate of drug-likeness (QED) is 0.749. The lowest BCUT2D eigenvalue weighted by atomic mass is 10.1. The van der Waals surface area contributed by atoms with Crippen LogP contribution in [0.25, 0.3) is 0 Å². The number of rotatable bonds is 5. The number of carbonyl (C=O) groups excluding carboxylic acids is 1. The summed E-state index contributed by atoms with van der Waals surface area (Å²) in [5.74, 6) is 0.222.